The van der Waals surface area contributed by atoms with Crippen LogP contribution in [0.25, 0.3) is 0 Å². The highest BCUT2D eigenvalue weighted by Gasteiger charge is 2.10. The third-order valence-corrected chi connectivity index (χ3v) is 3.33. The van der Waals surface area contributed by atoms with E-state index in [1.165, 1.54) is 11.3 Å². The van der Waals surface area contributed by atoms with Crippen LogP contribution in [0.2, 0.25) is 5.02 Å². The lowest BCUT2D eigenvalue weighted by atomic mass is 10.0. The van der Waals surface area contributed by atoms with Crippen molar-refractivity contribution in [1.82, 2.24) is 4.90 Å². The highest BCUT2D eigenvalue weighted by molar-refractivity contribution is 6.30. The van der Waals surface area contributed by atoms with Crippen LogP contribution >= 0.6 is 11.6 Å². The Hall–Kier alpha value is -0.770. The van der Waals surface area contributed by atoms with Crippen molar-refractivity contribution in [1.29, 1.82) is 0 Å². The van der Waals surface area contributed by atoms with Crippen molar-refractivity contribution in [2.75, 3.05) is 39.1 Å². The van der Waals surface area contributed by atoms with Crippen molar-refractivity contribution in [3.8, 4) is 0 Å². The second kappa shape index (κ2) is 7.73. The van der Waals surface area contributed by atoms with Crippen LogP contribution in [-0.2, 0) is 6.42 Å². The van der Waals surface area contributed by atoms with Gasteiger partial charge in [0.05, 0.1) is 0 Å². The minimum Gasteiger partial charge on any atom is -0.374 e. The summed E-state index contributed by atoms with van der Waals surface area (Å²) in [7, 11) is 6.33. The van der Waals surface area contributed by atoms with E-state index in [2.05, 4.69) is 37.0 Å². The van der Waals surface area contributed by atoms with E-state index in [1.807, 2.05) is 19.1 Å². The maximum atomic E-state index is 6.08. The molecule has 0 bridgehead atoms. The molecule has 1 aromatic rings. The van der Waals surface area contributed by atoms with Crippen molar-refractivity contribution in [2.45, 2.75) is 25.8 Å². The fraction of sp³-hybridized carbons (Fsp3) is 0.600. The van der Waals surface area contributed by atoms with Gasteiger partial charge in [-0.05, 0) is 64.2 Å². The van der Waals surface area contributed by atoms with Gasteiger partial charge in [0.2, 0.25) is 0 Å². The van der Waals surface area contributed by atoms with E-state index < -0.39 is 0 Å². The molecule has 0 aliphatic heterocycles. The fourth-order valence-electron chi connectivity index (χ4n) is 2.18. The minimum atomic E-state index is 0.146. The molecule has 0 spiro atoms. The molecule has 1 unspecified atom stereocenters. The molecule has 0 fully saturated rings. The highest BCUT2D eigenvalue weighted by Crippen LogP contribution is 2.24. The van der Waals surface area contributed by atoms with Gasteiger partial charge in [-0.2, -0.15) is 0 Å². The Labute approximate surface area is 122 Å². The van der Waals surface area contributed by atoms with Gasteiger partial charge in [0.1, 0.15) is 0 Å². The lowest BCUT2D eigenvalue weighted by Gasteiger charge is -2.24. The summed E-state index contributed by atoms with van der Waals surface area (Å²) < 4.78 is 0. The summed E-state index contributed by atoms with van der Waals surface area (Å²) in [4.78, 5) is 4.50. The summed E-state index contributed by atoms with van der Waals surface area (Å²) in [5, 5.41) is 0.779. The van der Waals surface area contributed by atoms with E-state index in [9.17, 15) is 0 Å². The Bertz CT molecular complexity index is 391. The van der Waals surface area contributed by atoms with Gasteiger partial charge in [0.15, 0.2) is 0 Å². The van der Waals surface area contributed by atoms with Crippen LogP contribution in [0, 0.1) is 0 Å². The molecule has 0 aromatic heterocycles. The zero-order valence-corrected chi connectivity index (χ0v) is 13.2. The number of benzene rings is 1. The van der Waals surface area contributed by atoms with E-state index in [0.29, 0.717) is 0 Å². The third kappa shape index (κ3) is 5.81. The molecule has 1 aromatic carbocycles. The molecular formula is C15H26ClN3. The van der Waals surface area contributed by atoms with Crippen molar-refractivity contribution in [3.05, 3.63) is 28.8 Å². The van der Waals surface area contributed by atoms with Crippen molar-refractivity contribution in [2.24, 2.45) is 5.73 Å². The van der Waals surface area contributed by atoms with Gasteiger partial charge in [-0.15, -0.1) is 0 Å². The number of hydrogen-bond acceptors (Lipinski definition) is 3. The monoisotopic (exact) mass is 283 g/mol. The molecule has 0 saturated carbocycles. The van der Waals surface area contributed by atoms with Gasteiger partial charge in [-0.3, -0.25) is 0 Å². The highest BCUT2D eigenvalue weighted by atomic mass is 35.5. The third-order valence-electron chi connectivity index (χ3n) is 3.09. The maximum absolute atomic E-state index is 6.08. The molecule has 0 aliphatic rings. The Morgan fingerprint density at radius 3 is 2.47 bits per heavy atom. The van der Waals surface area contributed by atoms with Crippen LogP contribution < -0.4 is 10.6 Å². The zero-order chi connectivity index (χ0) is 14.4. The summed E-state index contributed by atoms with van der Waals surface area (Å²) in [5.41, 5.74) is 8.38. The van der Waals surface area contributed by atoms with Gasteiger partial charge in [-0.1, -0.05) is 11.6 Å². The molecule has 4 heteroatoms. The maximum Gasteiger partial charge on any atom is 0.0410 e. The zero-order valence-electron chi connectivity index (χ0n) is 12.5. The number of nitrogens with two attached hydrogens (primary N) is 1. The van der Waals surface area contributed by atoms with Crippen LogP contribution in [-0.4, -0.2) is 45.2 Å². The Morgan fingerprint density at radius 1 is 1.21 bits per heavy atom. The molecule has 19 heavy (non-hydrogen) atoms. The van der Waals surface area contributed by atoms with Crippen LogP contribution in [0.1, 0.15) is 18.9 Å². The standard InChI is InChI=1S/C15H26ClN3/c1-12(17)10-13-11-14(16)6-7-15(13)19(4)9-5-8-18(2)3/h6-7,11-12H,5,8-10,17H2,1-4H3. The van der Waals surface area contributed by atoms with E-state index >= 15 is 0 Å². The normalized spacial score (nSPS) is 12.8. The number of anilines is 1. The SMILES string of the molecule is CC(N)Cc1cc(Cl)ccc1N(C)CCCN(C)C. The predicted molar refractivity (Wildman–Crippen MR) is 85.2 cm³/mol. The molecule has 0 heterocycles. The van der Waals surface area contributed by atoms with Crippen molar-refractivity contribution < 1.29 is 0 Å². The van der Waals surface area contributed by atoms with E-state index in [4.69, 9.17) is 17.3 Å². The van der Waals surface area contributed by atoms with Gasteiger partial charge < -0.3 is 15.5 Å². The van der Waals surface area contributed by atoms with Gasteiger partial charge in [-0.25, -0.2) is 0 Å². The van der Waals surface area contributed by atoms with Crippen LogP contribution in [0.15, 0.2) is 18.2 Å². The first-order valence-corrected chi connectivity index (χ1v) is 7.18. The van der Waals surface area contributed by atoms with Crippen LogP contribution in [0.4, 0.5) is 5.69 Å². The molecule has 0 aliphatic carbocycles. The van der Waals surface area contributed by atoms with Crippen LogP contribution in [0.3, 0.4) is 0 Å². The second-order valence-electron chi connectivity index (χ2n) is 5.53. The van der Waals surface area contributed by atoms with Crippen LogP contribution in [0.5, 0.6) is 0 Å². The molecule has 0 radical (unpaired) electrons. The number of rotatable bonds is 7. The smallest absolute Gasteiger partial charge is 0.0410 e. The largest absolute Gasteiger partial charge is 0.374 e. The summed E-state index contributed by atoms with van der Waals surface area (Å²) in [5.74, 6) is 0. The molecule has 3 nitrogen and oxygen atoms in total. The van der Waals surface area contributed by atoms with E-state index in [1.54, 1.807) is 0 Å². The second-order valence-corrected chi connectivity index (χ2v) is 5.97. The molecule has 1 atom stereocenters. The Kier molecular flexibility index (Phi) is 6.63. The molecule has 0 saturated heterocycles. The van der Waals surface area contributed by atoms with E-state index in [-0.39, 0.29) is 6.04 Å². The molecule has 1 rings (SSSR count). The molecule has 2 N–H and O–H groups in total. The minimum absolute atomic E-state index is 0.146. The Morgan fingerprint density at radius 2 is 1.89 bits per heavy atom. The van der Waals surface area contributed by atoms with Gasteiger partial charge >= 0.3 is 0 Å². The first kappa shape index (κ1) is 16.3. The number of nitrogens with zero attached hydrogens (tertiary/aromatic N) is 2. The topological polar surface area (TPSA) is 32.5 Å². The van der Waals surface area contributed by atoms with Crippen molar-refractivity contribution in [3.63, 3.8) is 0 Å². The summed E-state index contributed by atoms with van der Waals surface area (Å²) in [6, 6.07) is 6.22. The quantitative estimate of drug-likeness (QED) is 0.835. The molecular weight excluding hydrogens is 258 g/mol. The fourth-order valence-corrected chi connectivity index (χ4v) is 2.38. The van der Waals surface area contributed by atoms with Gasteiger partial charge in [0, 0.05) is 30.3 Å². The lowest BCUT2D eigenvalue weighted by molar-refractivity contribution is 0.401. The summed E-state index contributed by atoms with van der Waals surface area (Å²) in [6.07, 6.45) is 2.00. The molecule has 108 valence electrons. The number of hydrogen-bond donors (Lipinski definition) is 1. The first-order chi connectivity index (χ1) is 8.90. The van der Waals surface area contributed by atoms with E-state index in [0.717, 1.165) is 31.0 Å². The van der Waals surface area contributed by atoms with Crippen molar-refractivity contribution >= 4 is 17.3 Å². The molecule has 0 amide bonds. The summed E-state index contributed by atoms with van der Waals surface area (Å²) >= 11 is 6.08. The average Bonchev–Trinajstić information content (AvgIpc) is 2.27. The number of halogens is 1. The predicted octanol–water partition coefficient (Wildman–Crippen LogP) is 2.62. The first-order valence-electron chi connectivity index (χ1n) is 6.80. The average molecular weight is 284 g/mol. The summed E-state index contributed by atoms with van der Waals surface area (Å²) in [6.45, 7) is 4.16. The lowest BCUT2D eigenvalue weighted by Crippen LogP contribution is -2.25. The Balaban J connectivity index is 2.74. The van der Waals surface area contributed by atoms with Gasteiger partial charge in [0.25, 0.3) is 0 Å².